The van der Waals surface area contributed by atoms with Gasteiger partial charge in [0.05, 0.1) is 56.6 Å². The minimum absolute atomic E-state index is 0.528. The van der Waals surface area contributed by atoms with Crippen LogP contribution in [-0.2, 0) is 0 Å². The molecule has 0 N–H and O–H groups in total. The highest BCUT2D eigenvalue weighted by atomic mass is 15.0. The van der Waals surface area contributed by atoms with E-state index in [1.807, 2.05) is 42.5 Å². The fraction of sp³-hybridized carbons (Fsp3) is 0. The first-order chi connectivity index (χ1) is 24.7. The van der Waals surface area contributed by atoms with E-state index in [-0.39, 0.29) is 0 Å². The van der Waals surface area contributed by atoms with E-state index in [0.29, 0.717) is 16.7 Å². The van der Waals surface area contributed by atoms with Gasteiger partial charge in [0, 0.05) is 32.8 Å². The predicted molar refractivity (Wildman–Crippen MR) is 200 cm³/mol. The van der Waals surface area contributed by atoms with Crippen molar-refractivity contribution in [1.29, 1.82) is 15.8 Å². The van der Waals surface area contributed by atoms with Gasteiger partial charge in [0.15, 0.2) is 0 Å². The molecule has 2 heterocycles. The average molecular weight is 636 g/mol. The third-order valence-corrected chi connectivity index (χ3v) is 9.64. The molecule has 0 saturated carbocycles. The monoisotopic (exact) mass is 635 g/mol. The molecule has 0 aliphatic rings. The summed E-state index contributed by atoms with van der Waals surface area (Å²) in [5, 5.41) is 33.8. The van der Waals surface area contributed by atoms with Crippen LogP contribution in [0.5, 0.6) is 0 Å². The Morgan fingerprint density at radius 2 is 0.880 bits per heavy atom. The maximum atomic E-state index is 10.3. The molecule has 0 unspecified atom stereocenters. The van der Waals surface area contributed by atoms with Crippen molar-refractivity contribution in [2.75, 3.05) is 0 Å². The Morgan fingerprint density at radius 3 is 1.42 bits per heavy atom. The first-order valence-electron chi connectivity index (χ1n) is 16.3. The quantitative estimate of drug-likeness (QED) is 0.193. The van der Waals surface area contributed by atoms with E-state index in [1.165, 1.54) is 21.8 Å². The summed E-state index contributed by atoms with van der Waals surface area (Å²) in [5.74, 6) is 0. The SMILES string of the molecule is N#Cc1ccc2c(c1)c1cc(C#N)ccc1n2-c1c(C#N)cccc1-c1ccc(-c2ccc(-n3c4ccccc4c4ccccc43)cc2)cc1. The van der Waals surface area contributed by atoms with E-state index in [2.05, 4.69) is 124 Å². The normalized spacial score (nSPS) is 11.1. The van der Waals surface area contributed by atoms with Crippen LogP contribution in [0.2, 0.25) is 0 Å². The molecule has 5 heteroatoms. The molecule has 0 aliphatic carbocycles. The van der Waals surface area contributed by atoms with Crippen LogP contribution in [0, 0.1) is 34.0 Å². The van der Waals surface area contributed by atoms with Gasteiger partial charge in [-0.1, -0.05) is 84.9 Å². The highest BCUT2D eigenvalue weighted by molar-refractivity contribution is 6.11. The zero-order chi connectivity index (χ0) is 33.8. The third kappa shape index (κ3) is 4.38. The molecular formula is C45H25N5. The Balaban J connectivity index is 1.14. The largest absolute Gasteiger partial charge is 0.309 e. The first-order valence-corrected chi connectivity index (χ1v) is 16.3. The Morgan fingerprint density at radius 1 is 0.380 bits per heavy atom. The number of hydrogen-bond donors (Lipinski definition) is 0. The van der Waals surface area contributed by atoms with E-state index in [1.54, 1.807) is 12.1 Å². The zero-order valence-corrected chi connectivity index (χ0v) is 26.7. The van der Waals surface area contributed by atoms with Crippen LogP contribution < -0.4 is 0 Å². The van der Waals surface area contributed by atoms with E-state index < -0.39 is 0 Å². The van der Waals surface area contributed by atoms with Gasteiger partial charge in [-0.15, -0.1) is 0 Å². The van der Waals surface area contributed by atoms with Gasteiger partial charge in [-0.25, -0.2) is 0 Å². The van der Waals surface area contributed by atoms with Crippen LogP contribution in [0.15, 0.2) is 152 Å². The van der Waals surface area contributed by atoms with Crippen molar-refractivity contribution in [3.8, 4) is 51.8 Å². The maximum absolute atomic E-state index is 10.3. The van der Waals surface area contributed by atoms with Crippen molar-refractivity contribution >= 4 is 43.6 Å². The minimum atomic E-state index is 0.528. The molecule has 0 aliphatic heterocycles. The second kappa shape index (κ2) is 11.4. The van der Waals surface area contributed by atoms with E-state index in [0.717, 1.165) is 55.4 Å². The van der Waals surface area contributed by atoms with Gasteiger partial charge in [-0.05, 0) is 83.4 Å². The highest BCUT2D eigenvalue weighted by Crippen LogP contribution is 2.39. The molecule has 230 valence electrons. The Kier molecular flexibility index (Phi) is 6.56. The lowest BCUT2D eigenvalue weighted by molar-refractivity contribution is 1.17. The van der Waals surface area contributed by atoms with Crippen LogP contribution in [0.25, 0.3) is 77.2 Å². The second-order valence-corrected chi connectivity index (χ2v) is 12.3. The molecule has 5 nitrogen and oxygen atoms in total. The molecule has 2 aromatic heterocycles. The summed E-state index contributed by atoms with van der Waals surface area (Å²) in [7, 11) is 0. The molecule has 0 spiro atoms. The van der Waals surface area contributed by atoms with Crippen molar-refractivity contribution in [2.45, 2.75) is 0 Å². The van der Waals surface area contributed by atoms with Crippen LogP contribution in [-0.4, -0.2) is 9.13 Å². The van der Waals surface area contributed by atoms with E-state index in [9.17, 15) is 15.8 Å². The number of para-hydroxylation sites is 3. The van der Waals surface area contributed by atoms with Crippen molar-refractivity contribution in [3.05, 3.63) is 168 Å². The third-order valence-electron chi connectivity index (χ3n) is 9.64. The number of fused-ring (bicyclic) bond motifs is 6. The van der Waals surface area contributed by atoms with Crippen LogP contribution in [0.1, 0.15) is 16.7 Å². The fourth-order valence-electron chi connectivity index (χ4n) is 7.36. The number of nitrogens with zero attached hydrogens (tertiary/aromatic N) is 5. The lowest BCUT2D eigenvalue weighted by Crippen LogP contribution is -2.01. The van der Waals surface area contributed by atoms with Gasteiger partial charge < -0.3 is 9.13 Å². The van der Waals surface area contributed by atoms with Gasteiger partial charge in [-0.2, -0.15) is 15.8 Å². The standard InChI is InChI=1S/C45H25N5/c46-26-29-12-22-43-39(24-29)40-25-30(27-47)13-23-44(40)50(43)45-34(28-48)6-5-9-36(45)33-16-14-31(15-17-33)32-18-20-35(21-19-32)49-41-10-3-1-7-37(41)38-8-2-4-11-42(38)49/h1-25H. The molecule has 0 atom stereocenters. The summed E-state index contributed by atoms with van der Waals surface area (Å²) in [6, 6.07) is 58.0. The summed E-state index contributed by atoms with van der Waals surface area (Å²) < 4.78 is 4.40. The molecule has 0 radical (unpaired) electrons. The van der Waals surface area contributed by atoms with Gasteiger partial charge in [-0.3, -0.25) is 0 Å². The minimum Gasteiger partial charge on any atom is -0.309 e. The lowest BCUT2D eigenvalue weighted by Gasteiger charge is -2.16. The Labute approximate surface area is 287 Å². The van der Waals surface area contributed by atoms with Crippen molar-refractivity contribution in [1.82, 2.24) is 9.13 Å². The first kappa shape index (κ1) is 28.8. The number of rotatable bonds is 4. The van der Waals surface area contributed by atoms with Gasteiger partial charge in [0.25, 0.3) is 0 Å². The molecule has 9 aromatic rings. The molecule has 0 bridgehead atoms. The number of aromatic nitrogens is 2. The van der Waals surface area contributed by atoms with Crippen molar-refractivity contribution in [3.63, 3.8) is 0 Å². The molecule has 0 saturated heterocycles. The van der Waals surface area contributed by atoms with Gasteiger partial charge in [0.2, 0.25) is 0 Å². The van der Waals surface area contributed by atoms with Gasteiger partial charge in [0.1, 0.15) is 6.07 Å². The molecule has 9 rings (SSSR count). The van der Waals surface area contributed by atoms with Crippen LogP contribution in [0.4, 0.5) is 0 Å². The summed E-state index contributed by atoms with van der Waals surface area (Å²) >= 11 is 0. The number of benzene rings is 7. The zero-order valence-electron chi connectivity index (χ0n) is 26.7. The number of nitriles is 3. The maximum Gasteiger partial charge on any atom is 0.101 e. The molecule has 0 fully saturated rings. The molecule has 50 heavy (non-hydrogen) atoms. The Bertz CT molecular complexity index is 2810. The van der Waals surface area contributed by atoms with E-state index >= 15 is 0 Å². The molecule has 0 amide bonds. The van der Waals surface area contributed by atoms with Crippen LogP contribution in [0.3, 0.4) is 0 Å². The highest BCUT2D eigenvalue weighted by Gasteiger charge is 2.20. The second-order valence-electron chi connectivity index (χ2n) is 12.3. The Hall–Kier alpha value is -7.39. The topological polar surface area (TPSA) is 81.2 Å². The summed E-state index contributed by atoms with van der Waals surface area (Å²) in [4.78, 5) is 0. The number of hydrogen-bond acceptors (Lipinski definition) is 3. The summed E-state index contributed by atoms with van der Waals surface area (Å²) in [6.45, 7) is 0. The lowest BCUT2D eigenvalue weighted by atomic mass is 9.97. The van der Waals surface area contributed by atoms with Gasteiger partial charge >= 0.3 is 0 Å². The smallest absolute Gasteiger partial charge is 0.101 e. The molecular weight excluding hydrogens is 611 g/mol. The molecule has 7 aromatic carbocycles. The van der Waals surface area contributed by atoms with E-state index in [4.69, 9.17) is 0 Å². The van der Waals surface area contributed by atoms with Crippen LogP contribution >= 0.6 is 0 Å². The predicted octanol–water partition coefficient (Wildman–Crippen LogP) is 10.8. The van der Waals surface area contributed by atoms with Crippen molar-refractivity contribution in [2.24, 2.45) is 0 Å². The van der Waals surface area contributed by atoms with Crippen molar-refractivity contribution < 1.29 is 0 Å². The summed E-state index contributed by atoms with van der Waals surface area (Å²) in [6.07, 6.45) is 0. The fourth-order valence-corrected chi connectivity index (χ4v) is 7.36. The summed E-state index contributed by atoms with van der Waals surface area (Å²) in [5.41, 5.74) is 11.6. The average Bonchev–Trinajstić information content (AvgIpc) is 3.69.